The fraction of sp³-hybridized carbons (Fsp3) is 0.111. The van der Waals surface area contributed by atoms with Crippen molar-refractivity contribution in [2.45, 2.75) is 20.0 Å². The molecule has 4 nitrogen and oxygen atoms in total. The molecule has 1 aliphatic rings. The Labute approximate surface area is 206 Å². The van der Waals surface area contributed by atoms with E-state index in [0.717, 1.165) is 38.7 Å². The number of thioether (sulfide) groups is 1. The third kappa shape index (κ3) is 5.29. The molecule has 0 bridgehead atoms. The van der Waals surface area contributed by atoms with Crippen LogP contribution in [0, 0.1) is 6.92 Å². The van der Waals surface area contributed by atoms with Gasteiger partial charge in [0.1, 0.15) is 12.4 Å². The Balaban J connectivity index is 1.60. The van der Waals surface area contributed by atoms with Crippen LogP contribution in [-0.4, -0.2) is 11.1 Å². The third-order valence-corrected chi connectivity index (χ3v) is 6.58. The van der Waals surface area contributed by atoms with Crippen LogP contribution < -0.4 is 9.64 Å². The third-order valence-electron chi connectivity index (χ3n) is 5.12. The summed E-state index contributed by atoms with van der Waals surface area (Å²) in [4.78, 5) is 27.0. The number of rotatable bonds is 7. The zero-order chi connectivity index (χ0) is 23.4. The Kier molecular flexibility index (Phi) is 7.16. The first-order chi connectivity index (χ1) is 16.0. The van der Waals surface area contributed by atoms with Gasteiger partial charge in [0.25, 0.3) is 11.1 Å². The van der Waals surface area contributed by atoms with E-state index in [1.54, 1.807) is 30.3 Å². The van der Waals surface area contributed by atoms with Crippen molar-refractivity contribution in [1.82, 2.24) is 0 Å². The molecule has 1 fully saturated rings. The molecular formula is C27H22BrNO3S. The van der Waals surface area contributed by atoms with Crippen LogP contribution >= 0.6 is 27.7 Å². The molecular weight excluding hydrogens is 498 g/mol. The summed E-state index contributed by atoms with van der Waals surface area (Å²) in [6.45, 7) is 6.35. The van der Waals surface area contributed by atoms with Crippen molar-refractivity contribution in [2.24, 2.45) is 0 Å². The maximum absolute atomic E-state index is 12.9. The van der Waals surface area contributed by atoms with Crippen LogP contribution in [0.1, 0.15) is 22.3 Å². The van der Waals surface area contributed by atoms with Crippen molar-refractivity contribution in [3.63, 3.8) is 0 Å². The molecule has 3 aromatic rings. The summed E-state index contributed by atoms with van der Waals surface area (Å²) in [5, 5.41) is -0.305. The number of ether oxygens (including phenoxy) is 1. The first kappa shape index (κ1) is 23.1. The molecule has 2 amide bonds. The number of imide groups is 1. The average molecular weight is 520 g/mol. The van der Waals surface area contributed by atoms with Crippen LogP contribution in [0.15, 0.2) is 88.8 Å². The lowest BCUT2D eigenvalue weighted by Gasteiger charge is -2.14. The lowest BCUT2D eigenvalue weighted by molar-refractivity contribution is -0.113. The molecule has 33 heavy (non-hydrogen) atoms. The van der Waals surface area contributed by atoms with E-state index in [1.165, 1.54) is 10.5 Å². The van der Waals surface area contributed by atoms with Gasteiger partial charge in [-0.15, -0.1) is 6.58 Å². The summed E-state index contributed by atoms with van der Waals surface area (Å²) >= 11 is 4.56. The smallest absolute Gasteiger partial charge is 0.298 e. The Hall–Kier alpha value is -3.09. The largest absolute Gasteiger partial charge is 0.487 e. The predicted molar refractivity (Wildman–Crippen MR) is 138 cm³/mol. The molecule has 1 aliphatic heterocycles. The number of amides is 2. The van der Waals surface area contributed by atoms with Crippen molar-refractivity contribution in [3.8, 4) is 5.75 Å². The highest BCUT2D eigenvalue weighted by Crippen LogP contribution is 2.38. The second-order valence-electron chi connectivity index (χ2n) is 7.61. The van der Waals surface area contributed by atoms with Crippen LogP contribution in [0.25, 0.3) is 6.08 Å². The highest BCUT2D eigenvalue weighted by atomic mass is 79.9. The Bertz CT molecular complexity index is 1240. The van der Waals surface area contributed by atoms with Gasteiger partial charge >= 0.3 is 0 Å². The average Bonchev–Trinajstić information content (AvgIpc) is 3.08. The standard InChI is InChI=1S/C27H22BrNO3S/c1-3-7-21-14-20(15-23(28)25(21)32-17-19-12-10-18(2)11-13-19)16-24-26(30)29(27(31)33-24)22-8-5-4-6-9-22/h3-6,8-16H,1,7,17H2,2H3/b24-16-. The van der Waals surface area contributed by atoms with Crippen LogP contribution in [-0.2, 0) is 17.8 Å². The minimum Gasteiger partial charge on any atom is -0.487 e. The lowest BCUT2D eigenvalue weighted by Crippen LogP contribution is -2.27. The number of hydrogen-bond donors (Lipinski definition) is 0. The van der Waals surface area contributed by atoms with Gasteiger partial charge in [0.15, 0.2) is 0 Å². The molecule has 1 saturated heterocycles. The number of carbonyl (C=O) groups excluding carboxylic acids is 2. The second kappa shape index (κ2) is 10.2. The molecule has 0 aromatic heterocycles. The van der Waals surface area contributed by atoms with Crippen LogP contribution in [0.3, 0.4) is 0 Å². The molecule has 0 atom stereocenters. The van der Waals surface area contributed by atoms with Gasteiger partial charge in [0.2, 0.25) is 0 Å². The maximum Gasteiger partial charge on any atom is 0.298 e. The van der Waals surface area contributed by atoms with Crippen molar-refractivity contribution in [2.75, 3.05) is 4.90 Å². The molecule has 0 N–H and O–H groups in total. The molecule has 166 valence electrons. The molecule has 1 heterocycles. The molecule has 0 aliphatic carbocycles. The van der Waals surface area contributed by atoms with Gasteiger partial charge in [-0.3, -0.25) is 9.59 Å². The van der Waals surface area contributed by atoms with Crippen molar-refractivity contribution in [1.29, 1.82) is 0 Å². The van der Waals surface area contributed by atoms with Crippen molar-refractivity contribution >= 4 is 50.6 Å². The first-order valence-corrected chi connectivity index (χ1v) is 12.0. The SMILES string of the molecule is C=CCc1cc(/C=C2\SC(=O)N(c3ccccc3)C2=O)cc(Br)c1OCc1ccc(C)cc1. The first-order valence-electron chi connectivity index (χ1n) is 10.4. The van der Waals surface area contributed by atoms with Gasteiger partial charge < -0.3 is 4.74 Å². The number of aryl methyl sites for hydroxylation is 1. The topological polar surface area (TPSA) is 46.6 Å². The number of nitrogens with zero attached hydrogens (tertiary/aromatic N) is 1. The summed E-state index contributed by atoms with van der Waals surface area (Å²) in [7, 11) is 0. The fourth-order valence-electron chi connectivity index (χ4n) is 3.48. The number of halogens is 1. The zero-order valence-corrected chi connectivity index (χ0v) is 20.5. The lowest BCUT2D eigenvalue weighted by atomic mass is 10.1. The van der Waals surface area contributed by atoms with E-state index in [9.17, 15) is 9.59 Å². The van der Waals surface area contributed by atoms with E-state index in [1.807, 2.05) is 36.4 Å². The second-order valence-corrected chi connectivity index (χ2v) is 9.46. The number of carbonyl (C=O) groups is 2. The summed E-state index contributed by atoms with van der Waals surface area (Å²) < 4.78 is 6.91. The molecule has 3 aromatic carbocycles. The van der Waals surface area contributed by atoms with Crippen molar-refractivity contribution in [3.05, 3.63) is 111 Å². The number of hydrogen-bond acceptors (Lipinski definition) is 4. The Morgan fingerprint density at radius 2 is 1.79 bits per heavy atom. The monoisotopic (exact) mass is 519 g/mol. The van der Waals surface area contributed by atoms with Gasteiger partial charge in [0, 0.05) is 0 Å². The normalized spacial score (nSPS) is 14.7. The highest BCUT2D eigenvalue weighted by molar-refractivity contribution is 9.10. The van der Waals surface area contributed by atoms with Crippen molar-refractivity contribution < 1.29 is 14.3 Å². The van der Waals surface area contributed by atoms with Crippen LogP contribution in [0.2, 0.25) is 0 Å². The molecule has 0 radical (unpaired) electrons. The van der Waals surface area contributed by atoms with E-state index in [0.29, 0.717) is 23.6 Å². The predicted octanol–water partition coefficient (Wildman–Crippen LogP) is 7.31. The van der Waals surface area contributed by atoms with Crippen LogP contribution in [0.4, 0.5) is 10.5 Å². The summed E-state index contributed by atoms with van der Waals surface area (Å²) in [5.41, 5.74) is 4.60. The highest BCUT2D eigenvalue weighted by Gasteiger charge is 2.36. The van der Waals surface area contributed by atoms with Gasteiger partial charge in [-0.2, -0.15) is 0 Å². The minimum atomic E-state index is -0.322. The molecule has 0 saturated carbocycles. The number of benzene rings is 3. The number of para-hydroxylation sites is 1. The number of allylic oxidation sites excluding steroid dienone is 1. The summed E-state index contributed by atoms with van der Waals surface area (Å²) in [5.74, 6) is 0.419. The molecule has 0 unspecified atom stereocenters. The molecule has 4 rings (SSSR count). The molecule has 0 spiro atoms. The van der Waals surface area contributed by atoms with Crippen LogP contribution in [0.5, 0.6) is 5.75 Å². The summed E-state index contributed by atoms with van der Waals surface area (Å²) in [6.07, 6.45) is 4.16. The van der Waals surface area contributed by atoms with E-state index >= 15 is 0 Å². The summed E-state index contributed by atoms with van der Waals surface area (Å²) in [6, 6.07) is 21.0. The van der Waals surface area contributed by atoms with E-state index in [-0.39, 0.29) is 11.1 Å². The van der Waals surface area contributed by atoms with Gasteiger partial charge in [-0.1, -0.05) is 54.1 Å². The Morgan fingerprint density at radius 3 is 2.48 bits per heavy atom. The quantitative estimate of drug-likeness (QED) is 0.242. The molecule has 6 heteroatoms. The Morgan fingerprint density at radius 1 is 1.06 bits per heavy atom. The maximum atomic E-state index is 12.9. The van der Waals surface area contributed by atoms with Gasteiger partial charge in [0.05, 0.1) is 15.1 Å². The van der Waals surface area contributed by atoms with Gasteiger partial charge in [-0.05, 0) is 88.1 Å². The van der Waals surface area contributed by atoms with E-state index in [4.69, 9.17) is 4.74 Å². The minimum absolute atomic E-state index is 0.305. The fourth-order valence-corrected chi connectivity index (χ4v) is 4.96. The number of anilines is 1. The zero-order valence-electron chi connectivity index (χ0n) is 18.1. The van der Waals surface area contributed by atoms with E-state index in [2.05, 4.69) is 41.6 Å². The van der Waals surface area contributed by atoms with E-state index < -0.39 is 0 Å². The van der Waals surface area contributed by atoms with Gasteiger partial charge in [-0.25, -0.2) is 4.90 Å².